The van der Waals surface area contributed by atoms with Gasteiger partial charge in [0.05, 0.1) is 0 Å². The van der Waals surface area contributed by atoms with Gasteiger partial charge in [-0.15, -0.1) is 0 Å². The Balaban J connectivity index is 1.80. The van der Waals surface area contributed by atoms with Gasteiger partial charge in [0, 0.05) is 18.4 Å². The second-order valence-electron chi connectivity index (χ2n) is 6.61. The first-order chi connectivity index (χ1) is 11.9. The Morgan fingerprint density at radius 1 is 0.880 bits per heavy atom. The van der Waals surface area contributed by atoms with Crippen molar-refractivity contribution in [3.05, 3.63) is 59.2 Å². The van der Waals surface area contributed by atoms with Crippen LogP contribution in [-0.4, -0.2) is 30.0 Å². The van der Waals surface area contributed by atoms with Crippen molar-refractivity contribution in [1.29, 1.82) is 0 Å². The van der Waals surface area contributed by atoms with E-state index >= 15 is 0 Å². The molecule has 0 radical (unpaired) electrons. The van der Waals surface area contributed by atoms with Crippen molar-refractivity contribution in [1.82, 2.24) is 4.90 Å². The molecular weight excluding hydrogens is 310 g/mol. The van der Waals surface area contributed by atoms with Crippen molar-refractivity contribution in [2.45, 2.75) is 34.0 Å². The highest BCUT2D eigenvalue weighted by atomic mass is 15.4. The summed E-state index contributed by atoms with van der Waals surface area (Å²) in [5.74, 6) is 1.52. The van der Waals surface area contributed by atoms with E-state index in [2.05, 4.69) is 71.7 Å². The van der Waals surface area contributed by atoms with Crippen molar-refractivity contribution in [3.8, 4) is 0 Å². The maximum atomic E-state index is 4.63. The zero-order chi connectivity index (χ0) is 18.0. The number of rotatable bonds is 3. The molecule has 2 N–H and O–H groups in total. The largest absolute Gasteiger partial charge is 0.347 e. The lowest BCUT2D eigenvalue weighted by Crippen LogP contribution is -2.47. The minimum Gasteiger partial charge on any atom is -0.347 e. The Hall–Kier alpha value is -2.82. The van der Waals surface area contributed by atoms with Crippen LogP contribution in [0.5, 0.6) is 0 Å². The molecule has 1 heterocycles. The fraction of sp³-hybridized carbons (Fsp3) is 0.300. The van der Waals surface area contributed by atoms with Crippen molar-refractivity contribution >= 4 is 23.2 Å². The Kier molecular flexibility index (Phi) is 4.74. The molecule has 5 nitrogen and oxygen atoms in total. The second-order valence-corrected chi connectivity index (χ2v) is 6.61. The van der Waals surface area contributed by atoms with Crippen LogP contribution in [-0.2, 0) is 0 Å². The third-order valence-corrected chi connectivity index (χ3v) is 4.07. The number of aliphatic imine (C=N–C) groups is 2. The van der Waals surface area contributed by atoms with E-state index in [4.69, 9.17) is 0 Å². The van der Waals surface area contributed by atoms with Gasteiger partial charge in [0.2, 0.25) is 12.2 Å². The number of amidine groups is 1. The Morgan fingerprint density at radius 3 is 2.24 bits per heavy atom. The molecule has 0 spiro atoms. The molecule has 0 saturated heterocycles. The smallest absolute Gasteiger partial charge is 0.207 e. The normalized spacial score (nSPS) is 17.0. The first-order valence-corrected chi connectivity index (χ1v) is 8.45. The average molecular weight is 335 g/mol. The van der Waals surface area contributed by atoms with Crippen molar-refractivity contribution in [3.63, 3.8) is 0 Å². The molecule has 0 saturated carbocycles. The lowest BCUT2D eigenvalue weighted by molar-refractivity contribution is 0.406. The summed E-state index contributed by atoms with van der Waals surface area (Å²) in [5, 5.41) is 6.88. The number of anilines is 2. The molecule has 0 amide bonds. The Morgan fingerprint density at radius 2 is 1.56 bits per heavy atom. The van der Waals surface area contributed by atoms with E-state index in [-0.39, 0.29) is 6.29 Å². The minimum absolute atomic E-state index is 0.203. The number of aryl methyl sites for hydroxylation is 3. The van der Waals surface area contributed by atoms with Gasteiger partial charge in [0.15, 0.2) is 0 Å². The predicted octanol–water partition coefficient (Wildman–Crippen LogP) is 4.14. The van der Waals surface area contributed by atoms with Crippen molar-refractivity contribution in [2.75, 3.05) is 17.7 Å². The van der Waals surface area contributed by atoms with Gasteiger partial charge in [-0.3, -0.25) is 0 Å². The summed E-state index contributed by atoms with van der Waals surface area (Å²) in [6, 6.07) is 14.7. The highest BCUT2D eigenvalue weighted by Crippen LogP contribution is 2.19. The number of nitrogens with zero attached hydrogens (tertiary/aromatic N) is 3. The maximum Gasteiger partial charge on any atom is 0.207 e. The van der Waals surface area contributed by atoms with Crippen LogP contribution >= 0.6 is 0 Å². The van der Waals surface area contributed by atoms with E-state index in [1.807, 2.05) is 31.0 Å². The van der Waals surface area contributed by atoms with E-state index < -0.39 is 0 Å². The molecule has 1 aliphatic heterocycles. The van der Waals surface area contributed by atoms with Crippen LogP contribution in [0.15, 0.2) is 52.4 Å². The summed E-state index contributed by atoms with van der Waals surface area (Å²) < 4.78 is 0. The number of benzene rings is 2. The molecule has 1 unspecified atom stereocenters. The van der Waals surface area contributed by atoms with Crippen LogP contribution < -0.4 is 10.6 Å². The highest BCUT2D eigenvalue weighted by molar-refractivity contribution is 6.03. The van der Waals surface area contributed by atoms with Crippen LogP contribution in [0.25, 0.3) is 0 Å². The van der Waals surface area contributed by atoms with Crippen molar-refractivity contribution < 1.29 is 0 Å². The molecule has 0 bridgehead atoms. The summed E-state index contributed by atoms with van der Waals surface area (Å²) in [6.45, 7) is 8.20. The number of hydrogen-bond donors (Lipinski definition) is 2. The summed E-state index contributed by atoms with van der Waals surface area (Å²) in [4.78, 5) is 11.2. The topological polar surface area (TPSA) is 52.0 Å². The molecule has 0 aromatic heterocycles. The van der Waals surface area contributed by atoms with Crippen LogP contribution in [0.2, 0.25) is 0 Å². The zero-order valence-electron chi connectivity index (χ0n) is 15.5. The van der Waals surface area contributed by atoms with Crippen LogP contribution in [0.4, 0.5) is 11.4 Å². The van der Waals surface area contributed by atoms with Gasteiger partial charge in [-0.1, -0.05) is 18.2 Å². The van der Waals surface area contributed by atoms with E-state index in [0.29, 0.717) is 0 Å². The predicted molar refractivity (Wildman–Crippen MR) is 106 cm³/mol. The van der Waals surface area contributed by atoms with Gasteiger partial charge in [0.25, 0.3) is 0 Å². The van der Waals surface area contributed by atoms with Gasteiger partial charge in [-0.05, 0) is 68.7 Å². The van der Waals surface area contributed by atoms with Gasteiger partial charge in [-0.25, -0.2) is 4.99 Å². The summed E-state index contributed by atoms with van der Waals surface area (Å²) >= 11 is 0. The van der Waals surface area contributed by atoms with Crippen molar-refractivity contribution in [2.24, 2.45) is 9.98 Å². The SMILES string of the molecule is CC1=NC(Nc2cc(C)cc(C)c2)N(C)C(Nc2cccc(C)c2)=N1. The summed E-state index contributed by atoms with van der Waals surface area (Å²) in [6.07, 6.45) is -0.203. The molecule has 3 rings (SSSR count). The van der Waals surface area contributed by atoms with Crippen LogP contribution in [0.1, 0.15) is 23.6 Å². The molecule has 130 valence electrons. The molecule has 0 fully saturated rings. The highest BCUT2D eigenvalue weighted by Gasteiger charge is 2.22. The monoisotopic (exact) mass is 335 g/mol. The quantitative estimate of drug-likeness (QED) is 0.886. The first kappa shape index (κ1) is 17.0. The van der Waals surface area contributed by atoms with Gasteiger partial charge < -0.3 is 15.5 Å². The fourth-order valence-electron chi connectivity index (χ4n) is 2.94. The zero-order valence-corrected chi connectivity index (χ0v) is 15.5. The van der Waals surface area contributed by atoms with E-state index in [9.17, 15) is 0 Å². The van der Waals surface area contributed by atoms with Gasteiger partial charge in [0.1, 0.15) is 5.84 Å². The number of guanidine groups is 1. The van der Waals surface area contributed by atoms with Crippen LogP contribution in [0.3, 0.4) is 0 Å². The van der Waals surface area contributed by atoms with Crippen LogP contribution in [0, 0.1) is 20.8 Å². The molecular formula is C20H25N5. The maximum absolute atomic E-state index is 4.63. The number of hydrogen-bond acceptors (Lipinski definition) is 5. The molecule has 1 atom stereocenters. The minimum atomic E-state index is -0.203. The third-order valence-electron chi connectivity index (χ3n) is 4.07. The molecule has 2 aromatic carbocycles. The molecule has 25 heavy (non-hydrogen) atoms. The summed E-state index contributed by atoms with van der Waals surface area (Å²) in [5.41, 5.74) is 5.74. The number of nitrogens with one attached hydrogen (secondary N) is 2. The Bertz CT molecular complexity index is 817. The summed E-state index contributed by atoms with van der Waals surface area (Å²) in [7, 11) is 1.98. The standard InChI is InChI=1S/C20H25N5/c1-13-7-6-8-17(10-13)23-19-21-16(4)22-20(25(19)5)24-18-11-14(2)9-15(3)12-18/h6-12,20,24H,1-5H3,(H,21,22,23). The Labute approximate surface area is 149 Å². The molecule has 5 heteroatoms. The van der Waals surface area contributed by atoms with E-state index in [1.54, 1.807) is 0 Å². The molecule has 2 aromatic rings. The molecule has 1 aliphatic rings. The van der Waals surface area contributed by atoms with E-state index in [1.165, 1.54) is 16.7 Å². The molecule has 0 aliphatic carbocycles. The van der Waals surface area contributed by atoms with E-state index in [0.717, 1.165) is 23.2 Å². The lowest BCUT2D eigenvalue weighted by Gasteiger charge is -2.32. The first-order valence-electron chi connectivity index (χ1n) is 8.45. The average Bonchev–Trinajstić information content (AvgIpc) is 2.51. The van der Waals surface area contributed by atoms with Gasteiger partial charge >= 0.3 is 0 Å². The van der Waals surface area contributed by atoms with Gasteiger partial charge in [-0.2, -0.15) is 4.99 Å². The fourth-order valence-corrected chi connectivity index (χ4v) is 2.94. The third kappa shape index (κ3) is 4.18. The second kappa shape index (κ2) is 6.97. The lowest BCUT2D eigenvalue weighted by atomic mass is 10.1.